The third-order valence-corrected chi connectivity index (χ3v) is 10.6. The Labute approximate surface area is 345 Å². The zero-order chi connectivity index (χ0) is 41.4. The Morgan fingerprint density at radius 2 is 1.00 bits per heavy atom. The van der Waals surface area contributed by atoms with Crippen LogP contribution in [0.1, 0.15) is 213 Å². The van der Waals surface area contributed by atoms with Crippen molar-refractivity contribution in [3.63, 3.8) is 0 Å². The molecule has 2 unspecified atom stereocenters. The monoisotopic (exact) mass is 792 g/mol. The molecule has 0 aromatic heterocycles. The minimum absolute atomic E-state index is 0.0311. The van der Waals surface area contributed by atoms with Crippen LogP contribution in [0.25, 0.3) is 0 Å². The molecule has 0 N–H and O–H groups in total. The molecular formula is C48H89NO7. The van der Waals surface area contributed by atoms with E-state index in [1.165, 1.54) is 128 Å². The van der Waals surface area contributed by atoms with Crippen molar-refractivity contribution >= 4 is 17.9 Å². The van der Waals surface area contributed by atoms with Crippen LogP contribution >= 0.6 is 0 Å². The minimum Gasteiger partial charge on any atom is -0.544 e. The predicted octanol–water partition coefficient (Wildman–Crippen LogP) is 11.5. The first-order chi connectivity index (χ1) is 27.1. The maximum absolute atomic E-state index is 12.6. The molecule has 2 atom stereocenters. The van der Waals surface area contributed by atoms with Crippen molar-refractivity contribution in [3.05, 3.63) is 24.3 Å². The number of aliphatic carboxylic acids is 1. The molecule has 0 aliphatic rings. The van der Waals surface area contributed by atoms with Gasteiger partial charge in [0.05, 0.1) is 40.3 Å². The second-order valence-electron chi connectivity index (χ2n) is 17.0. The van der Waals surface area contributed by atoms with Crippen LogP contribution in [0.15, 0.2) is 24.3 Å². The van der Waals surface area contributed by atoms with E-state index >= 15 is 0 Å². The highest BCUT2D eigenvalue weighted by atomic mass is 16.6. The molecule has 56 heavy (non-hydrogen) atoms. The number of carbonyl (C=O) groups is 3. The highest BCUT2D eigenvalue weighted by Gasteiger charge is 2.25. The van der Waals surface area contributed by atoms with E-state index in [1.54, 1.807) is 21.1 Å². The lowest BCUT2D eigenvalue weighted by atomic mass is 10.0. The number of rotatable bonds is 42. The first kappa shape index (κ1) is 53.8. The van der Waals surface area contributed by atoms with Gasteiger partial charge in [0.1, 0.15) is 12.6 Å². The summed E-state index contributed by atoms with van der Waals surface area (Å²) in [6.45, 7) is 4.52. The molecule has 328 valence electrons. The van der Waals surface area contributed by atoms with Gasteiger partial charge in [0.25, 0.3) is 0 Å². The normalized spacial score (nSPS) is 13.1. The van der Waals surface area contributed by atoms with E-state index in [-0.39, 0.29) is 49.1 Å². The van der Waals surface area contributed by atoms with Crippen LogP contribution < -0.4 is 5.11 Å². The molecule has 0 amide bonds. The predicted molar refractivity (Wildman–Crippen MR) is 231 cm³/mol. The Morgan fingerprint density at radius 3 is 1.46 bits per heavy atom. The van der Waals surface area contributed by atoms with Crippen LogP contribution in [0, 0.1) is 0 Å². The van der Waals surface area contributed by atoms with Crippen LogP contribution in [0.3, 0.4) is 0 Å². The first-order valence-electron chi connectivity index (χ1n) is 23.4. The highest BCUT2D eigenvalue weighted by molar-refractivity contribution is 5.70. The molecule has 0 saturated carbocycles. The summed E-state index contributed by atoms with van der Waals surface area (Å²) in [5, 5.41) is 11.6. The first-order valence-corrected chi connectivity index (χ1v) is 23.4. The van der Waals surface area contributed by atoms with Gasteiger partial charge in [-0.3, -0.25) is 9.59 Å². The largest absolute Gasteiger partial charge is 0.544 e. The number of esters is 2. The second-order valence-corrected chi connectivity index (χ2v) is 17.0. The van der Waals surface area contributed by atoms with Gasteiger partial charge in [-0.05, 0) is 38.5 Å². The Kier molecular flexibility index (Phi) is 38.1. The number of hydrogen-bond acceptors (Lipinski definition) is 7. The molecular weight excluding hydrogens is 703 g/mol. The Hall–Kier alpha value is -2.19. The summed E-state index contributed by atoms with van der Waals surface area (Å²) in [6.07, 6.45) is 43.8. The maximum Gasteiger partial charge on any atom is 0.306 e. The summed E-state index contributed by atoms with van der Waals surface area (Å²) >= 11 is 0. The third kappa shape index (κ3) is 37.4. The van der Waals surface area contributed by atoms with E-state index in [1.807, 2.05) is 0 Å². The van der Waals surface area contributed by atoms with Gasteiger partial charge in [0, 0.05) is 19.3 Å². The number of ether oxygens (including phenoxy) is 3. The van der Waals surface area contributed by atoms with E-state index in [2.05, 4.69) is 38.2 Å². The fourth-order valence-corrected chi connectivity index (χ4v) is 6.99. The minimum atomic E-state index is -1.13. The van der Waals surface area contributed by atoms with Crippen molar-refractivity contribution in [2.45, 2.75) is 225 Å². The highest BCUT2D eigenvalue weighted by Crippen LogP contribution is 2.16. The molecule has 0 heterocycles. The van der Waals surface area contributed by atoms with Crippen LogP contribution in [-0.4, -0.2) is 75.5 Å². The van der Waals surface area contributed by atoms with E-state index < -0.39 is 18.1 Å². The van der Waals surface area contributed by atoms with E-state index in [9.17, 15) is 19.5 Å². The fraction of sp³-hybridized carbons (Fsp3) is 0.854. The SMILES string of the molecule is CC/C=C/C/C=C/CCCCC(=O)OC(COCCC(C(=O)[O-])[N+](C)(C)C)COC(=O)CCCCCCCCCCCCCCCCCCCCCCCCC. The Bertz CT molecular complexity index is 973. The van der Waals surface area contributed by atoms with Gasteiger partial charge >= 0.3 is 11.9 Å². The van der Waals surface area contributed by atoms with Crippen LogP contribution in [0.5, 0.6) is 0 Å². The van der Waals surface area contributed by atoms with Crippen molar-refractivity contribution in [3.8, 4) is 0 Å². The van der Waals surface area contributed by atoms with Gasteiger partial charge in [0.2, 0.25) is 0 Å². The number of carboxylic acid groups (broad SMARTS) is 1. The van der Waals surface area contributed by atoms with Crippen molar-refractivity contribution in [1.82, 2.24) is 0 Å². The Balaban J connectivity index is 4.10. The fourth-order valence-electron chi connectivity index (χ4n) is 6.99. The number of nitrogens with zero attached hydrogens (tertiary/aromatic N) is 1. The number of unbranched alkanes of at least 4 members (excludes halogenated alkanes) is 24. The number of quaternary nitrogens is 1. The number of hydrogen-bond donors (Lipinski definition) is 0. The van der Waals surface area contributed by atoms with Crippen molar-refractivity contribution in [1.29, 1.82) is 0 Å². The standard InChI is InChI=1S/C48H89NO7/c1-6-8-10-12-14-16-17-18-19-20-21-22-23-24-25-26-27-28-29-31-32-34-36-38-46(50)55-43-44(42-54-41-40-45(48(52)53)49(3,4)5)56-47(51)39-37-35-33-30-15-13-11-9-7-2/h9,11,15,30,44-45H,6-8,10,12-14,16-29,31-43H2,1-5H3/b11-9+,30-15+. The number of carbonyl (C=O) groups excluding carboxylic acids is 3. The molecule has 0 saturated heterocycles. The zero-order valence-electron chi connectivity index (χ0n) is 37.3. The summed E-state index contributed by atoms with van der Waals surface area (Å²) in [6, 6.07) is -0.728. The lowest BCUT2D eigenvalue weighted by Crippen LogP contribution is -2.55. The lowest BCUT2D eigenvalue weighted by Gasteiger charge is -2.34. The van der Waals surface area contributed by atoms with Crippen LogP contribution in [-0.2, 0) is 28.6 Å². The topological polar surface area (TPSA) is 102 Å². The summed E-state index contributed by atoms with van der Waals surface area (Å²) in [5.74, 6) is -1.77. The van der Waals surface area contributed by atoms with Crippen molar-refractivity contribution < 1.29 is 38.2 Å². The van der Waals surface area contributed by atoms with Gasteiger partial charge < -0.3 is 28.6 Å². The average molecular weight is 792 g/mol. The molecule has 0 aliphatic carbocycles. The van der Waals surface area contributed by atoms with Gasteiger partial charge in [-0.25, -0.2) is 0 Å². The summed E-state index contributed by atoms with van der Waals surface area (Å²) in [5.41, 5.74) is 0. The maximum atomic E-state index is 12.6. The lowest BCUT2D eigenvalue weighted by molar-refractivity contribution is -0.889. The molecule has 0 aromatic rings. The molecule has 0 bridgehead atoms. The molecule has 0 fully saturated rings. The molecule has 0 rings (SSSR count). The number of likely N-dealkylation sites (N-methyl/N-ethyl adjacent to an activating group) is 1. The van der Waals surface area contributed by atoms with Crippen LogP contribution in [0.2, 0.25) is 0 Å². The second kappa shape index (κ2) is 39.6. The van der Waals surface area contributed by atoms with Crippen LogP contribution in [0.4, 0.5) is 0 Å². The smallest absolute Gasteiger partial charge is 0.306 e. The summed E-state index contributed by atoms with van der Waals surface area (Å²) in [4.78, 5) is 36.7. The summed E-state index contributed by atoms with van der Waals surface area (Å²) < 4.78 is 17.1. The van der Waals surface area contributed by atoms with E-state index in [0.29, 0.717) is 12.8 Å². The van der Waals surface area contributed by atoms with Gasteiger partial charge in [-0.15, -0.1) is 0 Å². The molecule has 8 nitrogen and oxygen atoms in total. The molecule has 0 aliphatic heterocycles. The van der Waals surface area contributed by atoms with Gasteiger partial charge in [0.15, 0.2) is 6.10 Å². The van der Waals surface area contributed by atoms with Crippen molar-refractivity contribution in [2.24, 2.45) is 0 Å². The van der Waals surface area contributed by atoms with Gasteiger partial charge in [-0.2, -0.15) is 0 Å². The molecule has 0 aromatic carbocycles. The van der Waals surface area contributed by atoms with E-state index in [4.69, 9.17) is 14.2 Å². The molecule has 8 heteroatoms. The number of allylic oxidation sites excluding steroid dienone is 4. The third-order valence-electron chi connectivity index (χ3n) is 10.6. The van der Waals surface area contributed by atoms with E-state index in [0.717, 1.165) is 44.9 Å². The zero-order valence-corrected chi connectivity index (χ0v) is 37.3. The quantitative estimate of drug-likeness (QED) is 0.0262. The van der Waals surface area contributed by atoms with Crippen molar-refractivity contribution in [2.75, 3.05) is 41.0 Å². The van der Waals surface area contributed by atoms with Gasteiger partial charge in [-0.1, -0.05) is 179 Å². The molecule has 0 spiro atoms. The Morgan fingerprint density at radius 1 is 0.554 bits per heavy atom. The average Bonchev–Trinajstić information content (AvgIpc) is 3.15. The summed E-state index contributed by atoms with van der Waals surface area (Å²) in [7, 11) is 5.39. The number of carboxylic acids is 1. The molecule has 0 radical (unpaired) electrons.